The Morgan fingerprint density at radius 2 is 2.14 bits per heavy atom. The second-order valence-electron chi connectivity index (χ2n) is 5.09. The van der Waals surface area contributed by atoms with Crippen molar-refractivity contribution in [2.75, 3.05) is 19.7 Å². The molecule has 0 aromatic carbocycles. The highest BCUT2D eigenvalue weighted by Gasteiger charge is 2.16. The van der Waals surface area contributed by atoms with Gasteiger partial charge in [0.15, 0.2) is 5.76 Å². The number of piperidine rings is 1. The molecule has 0 N–H and O–H groups in total. The van der Waals surface area contributed by atoms with Gasteiger partial charge in [0.05, 0.1) is 12.9 Å². The molecule has 1 saturated heterocycles. The number of hydrogen-bond donors (Lipinski definition) is 0. The molecule has 0 unspecified atom stereocenters. The Labute approximate surface area is 122 Å². The number of carbonyl (C=O) groups excluding carboxylic acids is 1. The van der Waals surface area contributed by atoms with Crippen molar-refractivity contribution in [2.45, 2.75) is 25.9 Å². The number of carbonyl (C=O) groups is 1. The molecule has 0 saturated carbocycles. The lowest BCUT2D eigenvalue weighted by atomic mass is 10.1. The molecule has 0 bridgehead atoms. The Balaban J connectivity index is 1.46. The Bertz CT molecular complexity index is 570. The van der Waals surface area contributed by atoms with E-state index in [4.69, 9.17) is 13.7 Å². The maximum Gasteiger partial charge on any atom is 0.248 e. The van der Waals surface area contributed by atoms with Crippen molar-refractivity contribution in [3.05, 3.63) is 30.2 Å². The van der Waals surface area contributed by atoms with Gasteiger partial charge in [-0.25, -0.2) is 0 Å². The fraction of sp³-hybridized carbons (Fsp3) is 0.467. The van der Waals surface area contributed by atoms with Gasteiger partial charge in [-0.3, -0.25) is 4.79 Å². The number of hydrogen-bond acceptors (Lipinski definition) is 5. The molecule has 0 spiro atoms. The van der Waals surface area contributed by atoms with Crippen LogP contribution in [0.3, 0.4) is 0 Å². The first kappa shape index (κ1) is 13.9. The first-order valence-electron chi connectivity index (χ1n) is 7.18. The van der Waals surface area contributed by atoms with Crippen molar-refractivity contribution < 1.29 is 18.5 Å². The lowest BCUT2D eigenvalue weighted by Gasteiger charge is -2.26. The average molecular weight is 290 g/mol. The fourth-order valence-electron chi connectivity index (χ4n) is 2.39. The molecule has 0 radical (unpaired) electrons. The monoisotopic (exact) mass is 290 g/mol. The molecule has 1 fully saturated rings. The van der Waals surface area contributed by atoms with Crippen molar-refractivity contribution in [3.63, 3.8) is 0 Å². The van der Waals surface area contributed by atoms with Crippen LogP contribution in [0.15, 0.2) is 33.4 Å². The molecule has 1 aliphatic rings. The topological polar surface area (TPSA) is 68.7 Å². The molecule has 0 atom stereocenters. The third-order valence-electron chi connectivity index (χ3n) is 3.51. The quantitative estimate of drug-likeness (QED) is 0.846. The number of nitrogens with zero attached hydrogens (tertiary/aromatic N) is 2. The van der Waals surface area contributed by atoms with Crippen molar-refractivity contribution in [3.8, 4) is 11.5 Å². The zero-order chi connectivity index (χ0) is 14.5. The standard InChI is InChI=1S/C15H18N2O4/c18-15(17-6-2-1-3-7-17)11-19-10-12-9-14(21-16-12)13-5-4-8-20-13/h4-5,8-9H,1-3,6-7,10-11H2. The molecule has 6 nitrogen and oxygen atoms in total. The van der Waals surface area contributed by atoms with Crippen LogP contribution >= 0.6 is 0 Å². The molecule has 3 rings (SSSR count). The minimum atomic E-state index is 0.0458. The molecule has 112 valence electrons. The number of rotatable bonds is 5. The van der Waals surface area contributed by atoms with Gasteiger partial charge in [0.2, 0.25) is 11.7 Å². The Kier molecular flexibility index (Phi) is 4.35. The Morgan fingerprint density at radius 3 is 2.90 bits per heavy atom. The second kappa shape index (κ2) is 6.58. The molecular formula is C15H18N2O4. The van der Waals surface area contributed by atoms with Crippen LogP contribution < -0.4 is 0 Å². The average Bonchev–Trinajstić information content (AvgIpc) is 3.19. The van der Waals surface area contributed by atoms with E-state index in [1.807, 2.05) is 4.90 Å². The summed E-state index contributed by atoms with van der Waals surface area (Å²) in [7, 11) is 0. The van der Waals surface area contributed by atoms with Crippen LogP contribution in [0.25, 0.3) is 11.5 Å². The van der Waals surface area contributed by atoms with Gasteiger partial charge in [0, 0.05) is 19.2 Å². The van der Waals surface area contributed by atoms with Gasteiger partial charge in [-0.05, 0) is 31.4 Å². The largest absolute Gasteiger partial charge is 0.461 e. The summed E-state index contributed by atoms with van der Waals surface area (Å²) in [6.45, 7) is 2.02. The number of aromatic nitrogens is 1. The lowest BCUT2D eigenvalue weighted by molar-refractivity contribution is -0.137. The highest BCUT2D eigenvalue weighted by Crippen LogP contribution is 2.20. The van der Waals surface area contributed by atoms with E-state index in [0.717, 1.165) is 25.9 Å². The Morgan fingerprint density at radius 1 is 1.29 bits per heavy atom. The summed E-state index contributed by atoms with van der Waals surface area (Å²) in [4.78, 5) is 13.8. The molecule has 6 heteroatoms. The van der Waals surface area contributed by atoms with Crippen LogP contribution in [0.2, 0.25) is 0 Å². The zero-order valence-electron chi connectivity index (χ0n) is 11.8. The van der Waals surface area contributed by atoms with Gasteiger partial charge in [-0.1, -0.05) is 5.16 Å². The van der Waals surface area contributed by atoms with E-state index in [-0.39, 0.29) is 19.1 Å². The molecule has 3 heterocycles. The van der Waals surface area contributed by atoms with Gasteiger partial charge in [-0.2, -0.15) is 0 Å². The summed E-state index contributed by atoms with van der Waals surface area (Å²) in [5.74, 6) is 1.23. The van der Waals surface area contributed by atoms with Gasteiger partial charge in [0.1, 0.15) is 12.3 Å². The SMILES string of the molecule is O=C(COCc1cc(-c2ccco2)on1)N1CCCCC1. The summed E-state index contributed by atoms with van der Waals surface area (Å²) in [5, 5.41) is 3.90. The number of likely N-dealkylation sites (tertiary alicyclic amines) is 1. The van der Waals surface area contributed by atoms with Crippen molar-refractivity contribution >= 4 is 5.91 Å². The van der Waals surface area contributed by atoms with E-state index in [1.54, 1.807) is 24.5 Å². The van der Waals surface area contributed by atoms with E-state index >= 15 is 0 Å². The van der Waals surface area contributed by atoms with Gasteiger partial charge in [0.25, 0.3) is 0 Å². The molecule has 2 aromatic heterocycles. The molecule has 1 amide bonds. The van der Waals surface area contributed by atoms with Crippen LogP contribution in [0.4, 0.5) is 0 Å². The minimum absolute atomic E-state index is 0.0458. The Hall–Kier alpha value is -2.08. The van der Waals surface area contributed by atoms with Gasteiger partial charge < -0.3 is 18.6 Å². The molecule has 1 aliphatic heterocycles. The molecular weight excluding hydrogens is 272 g/mol. The van der Waals surface area contributed by atoms with Crippen LogP contribution in [0.5, 0.6) is 0 Å². The highest BCUT2D eigenvalue weighted by molar-refractivity contribution is 5.77. The van der Waals surface area contributed by atoms with Crippen LogP contribution in [-0.4, -0.2) is 35.7 Å². The second-order valence-corrected chi connectivity index (χ2v) is 5.09. The van der Waals surface area contributed by atoms with Gasteiger partial charge in [-0.15, -0.1) is 0 Å². The van der Waals surface area contributed by atoms with Crippen molar-refractivity contribution in [1.29, 1.82) is 0 Å². The summed E-state index contributed by atoms with van der Waals surface area (Å²) in [6, 6.07) is 5.33. The first-order valence-corrected chi connectivity index (χ1v) is 7.18. The highest BCUT2D eigenvalue weighted by atomic mass is 16.5. The lowest BCUT2D eigenvalue weighted by Crippen LogP contribution is -2.37. The van der Waals surface area contributed by atoms with Crippen LogP contribution in [-0.2, 0) is 16.1 Å². The predicted molar refractivity (Wildman–Crippen MR) is 74.3 cm³/mol. The maximum atomic E-state index is 11.9. The third kappa shape index (κ3) is 3.52. The maximum absolute atomic E-state index is 11.9. The predicted octanol–water partition coefficient (Wildman–Crippen LogP) is 2.46. The smallest absolute Gasteiger partial charge is 0.248 e. The van der Waals surface area contributed by atoms with E-state index in [9.17, 15) is 4.79 Å². The summed E-state index contributed by atoms with van der Waals surface area (Å²) >= 11 is 0. The summed E-state index contributed by atoms with van der Waals surface area (Å²) in [5.41, 5.74) is 0.646. The summed E-state index contributed by atoms with van der Waals surface area (Å²) < 4.78 is 15.8. The summed E-state index contributed by atoms with van der Waals surface area (Å²) in [6.07, 6.45) is 4.95. The van der Waals surface area contributed by atoms with Gasteiger partial charge >= 0.3 is 0 Å². The van der Waals surface area contributed by atoms with E-state index < -0.39 is 0 Å². The fourth-order valence-corrected chi connectivity index (χ4v) is 2.39. The first-order chi connectivity index (χ1) is 10.3. The van der Waals surface area contributed by atoms with Crippen molar-refractivity contribution in [2.24, 2.45) is 0 Å². The van der Waals surface area contributed by atoms with Crippen LogP contribution in [0.1, 0.15) is 25.0 Å². The number of ether oxygens (including phenoxy) is 1. The minimum Gasteiger partial charge on any atom is -0.461 e. The van der Waals surface area contributed by atoms with Crippen LogP contribution in [0, 0.1) is 0 Å². The van der Waals surface area contributed by atoms with E-state index in [1.165, 1.54) is 6.42 Å². The van der Waals surface area contributed by atoms with Crippen molar-refractivity contribution in [1.82, 2.24) is 10.1 Å². The molecule has 0 aliphatic carbocycles. The number of amides is 1. The van der Waals surface area contributed by atoms with E-state index in [0.29, 0.717) is 17.2 Å². The molecule has 21 heavy (non-hydrogen) atoms. The normalized spacial score (nSPS) is 15.3. The molecule has 2 aromatic rings. The van der Waals surface area contributed by atoms with E-state index in [2.05, 4.69) is 5.16 Å². The zero-order valence-corrected chi connectivity index (χ0v) is 11.8. The third-order valence-corrected chi connectivity index (χ3v) is 3.51. The number of furan rings is 1.